The van der Waals surface area contributed by atoms with Crippen LogP contribution in [0.1, 0.15) is 11.1 Å². The number of pyridine rings is 1. The molecule has 1 aromatic heterocycles. The van der Waals surface area contributed by atoms with Gasteiger partial charge in [-0.15, -0.1) is 0 Å². The summed E-state index contributed by atoms with van der Waals surface area (Å²) in [4.78, 5) is 15.7. The summed E-state index contributed by atoms with van der Waals surface area (Å²) >= 11 is 5.87. The summed E-state index contributed by atoms with van der Waals surface area (Å²) in [5.74, 6) is 0.461. The molecular formula is C15H15ClN2O2. The summed E-state index contributed by atoms with van der Waals surface area (Å²) in [6.45, 7) is 3.81. The van der Waals surface area contributed by atoms with Gasteiger partial charge in [0.15, 0.2) is 11.8 Å². The maximum atomic E-state index is 11.8. The van der Waals surface area contributed by atoms with Gasteiger partial charge in [0, 0.05) is 6.20 Å². The molecule has 2 rings (SSSR count). The number of nitrogens with zero attached hydrogens (tertiary/aromatic N) is 1. The number of anilines is 1. The Hall–Kier alpha value is -2.07. The molecule has 0 atom stereocenters. The first kappa shape index (κ1) is 14.3. The molecule has 20 heavy (non-hydrogen) atoms. The number of benzene rings is 1. The summed E-state index contributed by atoms with van der Waals surface area (Å²) in [5.41, 5.74) is 2.47. The average molecular weight is 291 g/mol. The molecule has 0 unspecified atom stereocenters. The third kappa shape index (κ3) is 3.48. The highest BCUT2D eigenvalue weighted by molar-refractivity contribution is 6.32. The zero-order chi connectivity index (χ0) is 14.5. The molecule has 1 heterocycles. The summed E-state index contributed by atoms with van der Waals surface area (Å²) in [6, 6.07) is 9.23. The van der Waals surface area contributed by atoms with Crippen molar-refractivity contribution < 1.29 is 9.53 Å². The predicted octanol–water partition coefficient (Wildman–Crippen LogP) is 3.37. The Morgan fingerprint density at radius 1 is 1.25 bits per heavy atom. The van der Waals surface area contributed by atoms with Crippen LogP contribution in [0.3, 0.4) is 0 Å². The van der Waals surface area contributed by atoms with Gasteiger partial charge in [-0.25, -0.2) is 4.98 Å². The van der Waals surface area contributed by atoms with Crippen molar-refractivity contribution in [3.63, 3.8) is 0 Å². The molecule has 1 amide bonds. The molecule has 2 aromatic rings. The van der Waals surface area contributed by atoms with Gasteiger partial charge in [0.25, 0.3) is 5.91 Å². The molecule has 0 saturated heterocycles. The Morgan fingerprint density at radius 2 is 1.95 bits per heavy atom. The van der Waals surface area contributed by atoms with E-state index in [4.69, 9.17) is 16.3 Å². The molecule has 0 saturated carbocycles. The van der Waals surface area contributed by atoms with E-state index < -0.39 is 0 Å². The monoisotopic (exact) mass is 290 g/mol. The third-order valence-electron chi connectivity index (χ3n) is 2.79. The lowest BCUT2D eigenvalue weighted by Gasteiger charge is -2.12. The van der Waals surface area contributed by atoms with Crippen LogP contribution in [0.5, 0.6) is 5.75 Å². The minimum absolute atomic E-state index is 0.0725. The van der Waals surface area contributed by atoms with Crippen LogP contribution in [0.4, 0.5) is 5.69 Å². The van der Waals surface area contributed by atoms with E-state index in [2.05, 4.69) is 10.3 Å². The zero-order valence-corrected chi connectivity index (χ0v) is 12.1. The van der Waals surface area contributed by atoms with Crippen LogP contribution in [0, 0.1) is 13.8 Å². The average Bonchev–Trinajstić information content (AvgIpc) is 2.41. The molecule has 5 heteroatoms. The Balaban J connectivity index is 1.98. The summed E-state index contributed by atoms with van der Waals surface area (Å²) < 4.78 is 5.57. The number of rotatable bonds is 4. The van der Waals surface area contributed by atoms with Gasteiger partial charge < -0.3 is 10.1 Å². The van der Waals surface area contributed by atoms with Crippen LogP contribution in [0.15, 0.2) is 36.5 Å². The second-order valence-electron chi connectivity index (χ2n) is 4.40. The SMILES string of the molecule is Cc1cccc(C)c1OCC(=O)Nc1cccnc1Cl. The van der Waals surface area contributed by atoms with Crippen molar-refractivity contribution in [2.75, 3.05) is 11.9 Å². The molecule has 0 radical (unpaired) electrons. The van der Waals surface area contributed by atoms with Crippen LogP contribution < -0.4 is 10.1 Å². The molecule has 0 bridgehead atoms. The first-order chi connectivity index (χ1) is 9.58. The van der Waals surface area contributed by atoms with Gasteiger partial charge in [-0.05, 0) is 37.1 Å². The number of para-hydroxylation sites is 1. The van der Waals surface area contributed by atoms with Gasteiger partial charge in [-0.3, -0.25) is 4.79 Å². The number of aromatic nitrogens is 1. The van der Waals surface area contributed by atoms with Gasteiger partial charge in [-0.2, -0.15) is 0 Å². The normalized spacial score (nSPS) is 10.2. The van der Waals surface area contributed by atoms with Gasteiger partial charge in [0.2, 0.25) is 0 Å². The van der Waals surface area contributed by atoms with E-state index in [9.17, 15) is 4.79 Å². The van der Waals surface area contributed by atoms with Gasteiger partial charge in [0.05, 0.1) is 5.69 Å². The quantitative estimate of drug-likeness (QED) is 0.878. The van der Waals surface area contributed by atoms with Gasteiger partial charge in [-0.1, -0.05) is 29.8 Å². The second kappa shape index (κ2) is 6.39. The number of carbonyl (C=O) groups excluding carboxylic acids is 1. The van der Waals surface area contributed by atoms with Gasteiger partial charge in [0.1, 0.15) is 5.75 Å². The number of carbonyl (C=O) groups is 1. The Morgan fingerprint density at radius 3 is 2.60 bits per heavy atom. The first-order valence-corrected chi connectivity index (χ1v) is 6.55. The second-order valence-corrected chi connectivity index (χ2v) is 4.76. The maximum Gasteiger partial charge on any atom is 0.262 e. The lowest BCUT2D eigenvalue weighted by molar-refractivity contribution is -0.118. The van der Waals surface area contributed by atoms with Crippen LogP contribution in [-0.4, -0.2) is 17.5 Å². The van der Waals surface area contributed by atoms with Crippen LogP contribution in [0.25, 0.3) is 0 Å². The fourth-order valence-electron chi connectivity index (χ4n) is 1.83. The largest absolute Gasteiger partial charge is 0.483 e. The van der Waals surface area contributed by atoms with E-state index in [0.29, 0.717) is 5.69 Å². The fourth-order valence-corrected chi connectivity index (χ4v) is 2.00. The zero-order valence-electron chi connectivity index (χ0n) is 11.3. The topological polar surface area (TPSA) is 51.2 Å². The first-order valence-electron chi connectivity index (χ1n) is 6.17. The highest BCUT2D eigenvalue weighted by Gasteiger charge is 2.09. The van der Waals surface area contributed by atoms with Crippen molar-refractivity contribution in [3.05, 3.63) is 52.8 Å². The summed E-state index contributed by atoms with van der Waals surface area (Å²) in [6.07, 6.45) is 1.56. The van der Waals surface area contributed by atoms with Crippen molar-refractivity contribution in [1.29, 1.82) is 0 Å². The number of halogens is 1. The number of nitrogens with one attached hydrogen (secondary N) is 1. The number of hydrogen-bond donors (Lipinski definition) is 1. The Kier molecular flexibility index (Phi) is 4.58. The van der Waals surface area contributed by atoms with Crippen molar-refractivity contribution in [1.82, 2.24) is 4.98 Å². The molecular weight excluding hydrogens is 276 g/mol. The van der Waals surface area contributed by atoms with Crippen molar-refractivity contribution >= 4 is 23.2 Å². The van der Waals surface area contributed by atoms with Crippen LogP contribution in [-0.2, 0) is 4.79 Å². The van der Waals surface area contributed by atoms with E-state index in [0.717, 1.165) is 16.9 Å². The smallest absolute Gasteiger partial charge is 0.262 e. The molecule has 0 aliphatic carbocycles. The van der Waals surface area contributed by atoms with E-state index in [1.54, 1.807) is 18.3 Å². The third-order valence-corrected chi connectivity index (χ3v) is 3.09. The van der Waals surface area contributed by atoms with Crippen molar-refractivity contribution in [2.45, 2.75) is 13.8 Å². The molecule has 0 fully saturated rings. The van der Waals surface area contributed by atoms with Crippen molar-refractivity contribution in [2.24, 2.45) is 0 Å². The number of amides is 1. The summed E-state index contributed by atoms with van der Waals surface area (Å²) in [5, 5.41) is 2.92. The Bertz CT molecular complexity index is 609. The molecule has 0 spiro atoms. The standard InChI is InChI=1S/C15H15ClN2O2/c1-10-5-3-6-11(2)14(10)20-9-13(19)18-12-7-4-8-17-15(12)16/h3-8H,9H2,1-2H3,(H,18,19). The van der Waals surface area contributed by atoms with E-state index >= 15 is 0 Å². The summed E-state index contributed by atoms with van der Waals surface area (Å²) in [7, 11) is 0. The number of hydrogen-bond acceptors (Lipinski definition) is 3. The highest BCUT2D eigenvalue weighted by Crippen LogP contribution is 2.22. The lowest BCUT2D eigenvalue weighted by Crippen LogP contribution is -2.21. The molecule has 0 aliphatic rings. The highest BCUT2D eigenvalue weighted by atomic mass is 35.5. The van der Waals surface area contributed by atoms with E-state index in [1.165, 1.54) is 0 Å². The van der Waals surface area contributed by atoms with Crippen molar-refractivity contribution in [3.8, 4) is 5.75 Å². The minimum atomic E-state index is -0.275. The molecule has 1 aromatic carbocycles. The van der Waals surface area contributed by atoms with Crippen LogP contribution >= 0.6 is 11.6 Å². The van der Waals surface area contributed by atoms with Crippen LogP contribution in [0.2, 0.25) is 5.15 Å². The van der Waals surface area contributed by atoms with E-state index in [-0.39, 0.29) is 17.7 Å². The molecule has 1 N–H and O–H groups in total. The molecule has 0 aliphatic heterocycles. The predicted molar refractivity (Wildman–Crippen MR) is 79.3 cm³/mol. The number of aryl methyl sites for hydroxylation is 2. The van der Waals surface area contributed by atoms with E-state index in [1.807, 2.05) is 32.0 Å². The molecule has 4 nitrogen and oxygen atoms in total. The molecule has 104 valence electrons. The Labute approximate surface area is 122 Å². The van der Waals surface area contributed by atoms with Gasteiger partial charge >= 0.3 is 0 Å². The lowest BCUT2D eigenvalue weighted by atomic mass is 10.1. The minimum Gasteiger partial charge on any atom is -0.483 e. The fraction of sp³-hybridized carbons (Fsp3) is 0.200. The number of ether oxygens (including phenoxy) is 1. The maximum absolute atomic E-state index is 11.8.